The summed E-state index contributed by atoms with van der Waals surface area (Å²) in [6.45, 7) is 5.89. The molecule has 3 saturated heterocycles. The van der Waals surface area contributed by atoms with Crippen molar-refractivity contribution in [3.63, 3.8) is 0 Å². The number of hydrogen-bond acceptors (Lipinski definition) is 6. The lowest BCUT2D eigenvalue weighted by Crippen LogP contribution is -2.47. The van der Waals surface area contributed by atoms with Gasteiger partial charge in [-0.25, -0.2) is 9.97 Å². The predicted molar refractivity (Wildman–Crippen MR) is 99.1 cm³/mol. The minimum Gasteiger partial charge on any atom is -0.361 e. The van der Waals surface area contributed by atoms with Gasteiger partial charge in [-0.15, -0.1) is 0 Å². The van der Waals surface area contributed by atoms with E-state index in [0.717, 1.165) is 53.3 Å². The molecule has 0 radical (unpaired) electrons. The molecule has 2 atom stereocenters. The van der Waals surface area contributed by atoms with Crippen molar-refractivity contribution in [2.45, 2.75) is 39.3 Å². The van der Waals surface area contributed by atoms with Crippen LogP contribution in [-0.2, 0) is 11.3 Å². The number of nitrogens with zero attached hydrogens (tertiary/aromatic N) is 5. The average molecular weight is 366 g/mol. The summed E-state index contributed by atoms with van der Waals surface area (Å²) in [5, 5.41) is 5.04. The van der Waals surface area contributed by atoms with E-state index in [-0.39, 0.29) is 17.9 Å². The summed E-state index contributed by atoms with van der Waals surface area (Å²) < 4.78 is 5.29. The summed E-state index contributed by atoms with van der Waals surface area (Å²) in [6, 6.07) is 2.16. The minimum atomic E-state index is -0.00632. The van der Waals surface area contributed by atoms with Crippen molar-refractivity contribution in [1.29, 1.82) is 0 Å². The number of amides is 1. The van der Waals surface area contributed by atoms with E-state index in [9.17, 15) is 4.79 Å². The molecule has 8 nitrogen and oxygen atoms in total. The molecule has 27 heavy (non-hydrogen) atoms. The van der Waals surface area contributed by atoms with Gasteiger partial charge in [0.15, 0.2) is 0 Å². The Morgan fingerprint density at radius 3 is 2.96 bits per heavy atom. The molecular formula is C19H22N6O2. The molecule has 8 heteroatoms. The van der Waals surface area contributed by atoms with Gasteiger partial charge >= 0.3 is 0 Å². The van der Waals surface area contributed by atoms with Crippen LogP contribution in [0.25, 0.3) is 11.0 Å². The van der Waals surface area contributed by atoms with Crippen molar-refractivity contribution < 1.29 is 9.32 Å². The van der Waals surface area contributed by atoms with Gasteiger partial charge in [0.25, 0.3) is 0 Å². The van der Waals surface area contributed by atoms with Crippen molar-refractivity contribution in [3.8, 4) is 0 Å². The molecule has 6 heterocycles. The normalized spacial score (nSPS) is 22.7. The van der Waals surface area contributed by atoms with Gasteiger partial charge in [-0.05, 0) is 32.8 Å². The van der Waals surface area contributed by atoms with Crippen LogP contribution in [-0.4, -0.2) is 50.0 Å². The maximum atomic E-state index is 13.2. The topological polar surface area (TPSA) is 91.2 Å². The zero-order valence-corrected chi connectivity index (χ0v) is 15.5. The molecule has 0 spiro atoms. The first-order chi connectivity index (χ1) is 13.1. The van der Waals surface area contributed by atoms with Crippen LogP contribution in [0.5, 0.6) is 0 Å². The van der Waals surface area contributed by atoms with Gasteiger partial charge in [-0.2, -0.15) is 0 Å². The second-order valence-electron chi connectivity index (χ2n) is 7.54. The number of aromatic nitrogens is 4. The Morgan fingerprint density at radius 2 is 2.15 bits per heavy atom. The van der Waals surface area contributed by atoms with Crippen LogP contribution in [0.2, 0.25) is 0 Å². The summed E-state index contributed by atoms with van der Waals surface area (Å²) in [7, 11) is 0. The number of carbonyl (C=O) groups excluding carboxylic acids is 1. The Kier molecular flexibility index (Phi) is 3.66. The van der Waals surface area contributed by atoms with E-state index < -0.39 is 0 Å². The lowest BCUT2D eigenvalue weighted by Gasteiger charge is -2.35. The highest BCUT2D eigenvalue weighted by Gasteiger charge is 2.41. The number of H-pyrrole nitrogens is 1. The van der Waals surface area contributed by atoms with E-state index in [1.165, 1.54) is 0 Å². The number of aromatic amines is 1. The van der Waals surface area contributed by atoms with Crippen molar-refractivity contribution in [2.24, 2.45) is 5.92 Å². The van der Waals surface area contributed by atoms with Crippen LogP contribution in [0.4, 0.5) is 5.82 Å². The van der Waals surface area contributed by atoms with E-state index in [2.05, 4.69) is 25.0 Å². The number of fused-ring (bicyclic) bond motifs is 5. The molecule has 140 valence electrons. The van der Waals surface area contributed by atoms with E-state index >= 15 is 0 Å². The average Bonchev–Trinajstić information content (AvgIpc) is 3.16. The zero-order valence-electron chi connectivity index (χ0n) is 15.5. The highest BCUT2D eigenvalue weighted by Crippen LogP contribution is 2.34. The first-order valence-electron chi connectivity index (χ1n) is 9.37. The van der Waals surface area contributed by atoms with E-state index in [1.807, 2.05) is 31.0 Å². The Balaban J connectivity index is 1.48. The Morgan fingerprint density at radius 1 is 1.26 bits per heavy atom. The van der Waals surface area contributed by atoms with Gasteiger partial charge in [0, 0.05) is 30.9 Å². The van der Waals surface area contributed by atoms with Crippen LogP contribution in [0.3, 0.4) is 0 Å². The molecule has 0 aliphatic carbocycles. The monoisotopic (exact) mass is 366 g/mol. The van der Waals surface area contributed by atoms with Crippen molar-refractivity contribution in [2.75, 3.05) is 18.0 Å². The predicted octanol–water partition coefficient (Wildman–Crippen LogP) is 2.19. The maximum absolute atomic E-state index is 13.2. The van der Waals surface area contributed by atoms with Crippen molar-refractivity contribution >= 4 is 22.8 Å². The van der Waals surface area contributed by atoms with E-state index in [4.69, 9.17) is 4.52 Å². The molecule has 3 fully saturated rings. The first kappa shape index (κ1) is 16.3. The lowest BCUT2D eigenvalue weighted by molar-refractivity contribution is -0.140. The highest BCUT2D eigenvalue weighted by molar-refractivity contribution is 5.88. The summed E-state index contributed by atoms with van der Waals surface area (Å²) >= 11 is 0. The fourth-order valence-electron chi connectivity index (χ4n) is 4.43. The van der Waals surface area contributed by atoms with Gasteiger partial charge in [-0.1, -0.05) is 5.16 Å². The summed E-state index contributed by atoms with van der Waals surface area (Å²) in [6.07, 6.45) is 5.41. The number of carbonyl (C=O) groups is 1. The third-order valence-corrected chi connectivity index (χ3v) is 5.94. The summed E-state index contributed by atoms with van der Waals surface area (Å²) in [5.74, 6) is 1.92. The standard InChI is InChI=1S/C19H22N6O2/c1-11-16(12(2)27-23-11)9-25-14-4-3-13(19(25)26)7-24(8-14)18-15-5-6-20-17(15)21-10-22-18/h5-6,10,13-14H,3-4,7-9H2,1-2H3,(H,20,21,22)/t13-,14+/m1/s1. The molecule has 0 saturated carbocycles. The maximum Gasteiger partial charge on any atom is 0.228 e. The second-order valence-corrected chi connectivity index (χ2v) is 7.54. The minimum absolute atomic E-state index is 0.00632. The number of rotatable bonds is 3. The number of hydrogen-bond donors (Lipinski definition) is 1. The largest absolute Gasteiger partial charge is 0.361 e. The van der Waals surface area contributed by atoms with Gasteiger partial charge in [0.2, 0.25) is 5.91 Å². The molecule has 1 N–H and O–H groups in total. The number of aryl methyl sites for hydroxylation is 2. The van der Waals surface area contributed by atoms with E-state index in [1.54, 1.807) is 6.33 Å². The molecule has 6 rings (SSSR count). The SMILES string of the molecule is Cc1noc(C)c1CN1C(=O)[C@@H]2CC[C@H]1CN(c1ncnc3[nH]ccc13)C2. The van der Waals surface area contributed by atoms with Gasteiger partial charge < -0.3 is 19.3 Å². The first-order valence-corrected chi connectivity index (χ1v) is 9.37. The fraction of sp³-hybridized carbons (Fsp3) is 0.474. The molecule has 3 aliphatic rings. The molecule has 3 aromatic rings. The summed E-state index contributed by atoms with van der Waals surface area (Å²) in [5.41, 5.74) is 2.72. The molecular weight excluding hydrogens is 344 g/mol. The molecule has 0 aromatic carbocycles. The molecule has 1 amide bonds. The van der Waals surface area contributed by atoms with Crippen LogP contribution in [0, 0.1) is 19.8 Å². The number of piperidine rings is 1. The van der Waals surface area contributed by atoms with E-state index in [0.29, 0.717) is 13.1 Å². The third kappa shape index (κ3) is 2.58. The fourth-order valence-corrected chi connectivity index (χ4v) is 4.43. The van der Waals surface area contributed by atoms with Crippen LogP contribution in [0.1, 0.15) is 29.9 Å². The van der Waals surface area contributed by atoms with Crippen molar-refractivity contribution in [1.82, 2.24) is 25.0 Å². The lowest BCUT2D eigenvalue weighted by atomic mass is 9.93. The second kappa shape index (κ2) is 6.07. The Labute approximate surface area is 156 Å². The van der Waals surface area contributed by atoms with Crippen LogP contribution in [0.15, 0.2) is 23.1 Å². The molecule has 3 aliphatic heterocycles. The molecule has 0 unspecified atom stereocenters. The van der Waals surface area contributed by atoms with Gasteiger partial charge in [0.05, 0.1) is 23.5 Å². The van der Waals surface area contributed by atoms with Crippen LogP contribution < -0.4 is 4.90 Å². The molecule has 2 bridgehead atoms. The Bertz CT molecular complexity index is 989. The van der Waals surface area contributed by atoms with Crippen molar-refractivity contribution in [3.05, 3.63) is 35.6 Å². The van der Waals surface area contributed by atoms with Crippen LogP contribution >= 0.6 is 0 Å². The third-order valence-electron chi connectivity index (χ3n) is 5.94. The quantitative estimate of drug-likeness (QED) is 0.764. The smallest absolute Gasteiger partial charge is 0.228 e. The molecule has 3 aromatic heterocycles. The number of anilines is 1. The summed E-state index contributed by atoms with van der Waals surface area (Å²) in [4.78, 5) is 29.4. The zero-order chi connectivity index (χ0) is 18.5. The van der Waals surface area contributed by atoms with Gasteiger partial charge in [-0.3, -0.25) is 4.79 Å². The van der Waals surface area contributed by atoms with Gasteiger partial charge in [0.1, 0.15) is 23.6 Å². The number of nitrogens with one attached hydrogen (secondary N) is 1. The Hall–Kier alpha value is -2.90. The highest BCUT2D eigenvalue weighted by atomic mass is 16.5.